The second kappa shape index (κ2) is 5.19. The third kappa shape index (κ3) is 2.65. The predicted octanol–water partition coefficient (Wildman–Crippen LogP) is 1.47. The number of halogens is 1. The van der Waals surface area contributed by atoms with Crippen LogP contribution < -0.4 is 11.3 Å². The Labute approximate surface area is 104 Å². The van der Waals surface area contributed by atoms with Gasteiger partial charge in [0, 0.05) is 18.6 Å². The van der Waals surface area contributed by atoms with E-state index < -0.39 is 0 Å². The Morgan fingerprint density at radius 2 is 2.00 bits per heavy atom. The first-order valence-corrected chi connectivity index (χ1v) is 5.84. The summed E-state index contributed by atoms with van der Waals surface area (Å²) in [5.74, 6) is 5.58. The van der Waals surface area contributed by atoms with Crippen LogP contribution in [0.5, 0.6) is 0 Å². The van der Waals surface area contributed by atoms with Crippen LogP contribution in [0.1, 0.15) is 0 Å². The van der Waals surface area contributed by atoms with Gasteiger partial charge in [0.1, 0.15) is 5.03 Å². The van der Waals surface area contributed by atoms with Crippen molar-refractivity contribution in [2.75, 3.05) is 5.43 Å². The predicted molar refractivity (Wildman–Crippen MR) is 63.7 cm³/mol. The number of hydrogen-bond acceptors (Lipinski definition) is 7. The number of rotatable bonds is 3. The monoisotopic (exact) mass is 298 g/mol. The summed E-state index contributed by atoms with van der Waals surface area (Å²) in [4.78, 5) is 16.3. The Hall–Kier alpha value is -1.25. The van der Waals surface area contributed by atoms with Gasteiger partial charge in [-0.05, 0) is 33.8 Å². The van der Waals surface area contributed by atoms with Gasteiger partial charge < -0.3 is 0 Å². The molecule has 0 atom stereocenters. The summed E-state index contributed by atoms with van der Waals surface area (Å²) in [6.45, 7) is 0. The number of hydrogen-bond donors (Lipinski definition) is 2. The van der Waals surface area contributed by atoms with Crippen LogP contribution in [0.25, 0.3) is 0 Å². The highest BCUT2D eigenvalue weighted by Crippen LogP contribution is 2.29. The Kier molecular flexibility index (Phi) is 3.65. The quantitative estimate of drug-likeness (QED) is 0.384. The minimum Gasteiger partial charge on any atom is -0.292 e. The van der Waals surface area contributed by atoms with Crippen molar-refractivity contribution in [2.45, 2.75) is 10.2 Å². The molecular weight excluding hydrogens is 292 g/mol. The summed E-state index contributed by atoms with van der Waals surface area (Å²) >= 11 is 4.68. The van der Waals surface area contributed by atoms with Crippen molar-refractivity contribution in [3.8, 4) is 0 Å². The Morgan fingerprint density at radius 1 is 1.25 bits per heavy atom. The molecule has 0 radical (unpaired) electrons. The molecule has 0 unspecified atom stereocenters. The zero-order valence-corrected chi connectivity index (χ0v) is 10.4. The van der Waals surface area contributed by atoms with Crippen LogP contribution in [0.4, 0.5) is 5.95 Å². The van der Waals surface area contributed by atoms with Gasteiger partial charge in [-0.3, -0.25) is 5.43 Å². The standard InChI is InChI=1S/C8H7BrN6S/c9-5-4-13-7(15-10)14-6(5)16-8-11-2-1-3-12-8/h1-4H,10H2,(H,13,14,15). The molecule has 2 aromatic rings. The zero-order valence-electron chi connectivity index (χ0n) is 7.96. The van der Waals surface area contributed by atoms with Crippen molar-refractivity contribution in [1.29, 1.82) is 0 Å². The maximum Gasteiger partial charge on any atom is 0.238 e. The van der Waals surface area contributed by atoms with Crippen molar-refractivity contribution in [3.63, 3.8) is 0 Å². The molecule has 0 spiro atoms. The number of nitrogens with two attached hydrogens (primary N) is 1. The molecule has 2 aromatic heterocycles. The number of anilines is 1. The van der Waals surface area contributed by atoms with Gasteiger partial charge in [0.25, 0.3) is 0 Å². The number of hydrazine groups is 1. The lowest BCUT2D eigenvalue weighted by atomic mass is 10.7. The van der Waals surface area contributed by atoms with E-state index in [1.54, 1.807) is 24.7 Å². The molecule has 0 aromatic carbocycles. The number of nitrogens with one attached hydrogen (secondary N) is 1. The van der Waals surface area contributed by atoms with E-state index in [2.05, 4.69) is 41.3 Å². The molecule has 6 nitrogen and oxygen atoms in total. The highest BCUT2D eigenvalue weighted by molar-refractivity contribution is 9.10. The van der Waals surface area contributed by atoms with Crippen LogP contribution in [0.15, 0.2) is 39.3 Å². The highest BCUT2D eigenvalue weighted by Gasteiger charge is 2.07. The Bertz CT molecular complexity index is 479. The summed E-state index contributed by atoms with van der Waals surface area (Å²) in [5, 5.41) is 1.32. The van der Waals surface area contributed by atoms with Gasteiger partial charge in [-0.2, -0.15) is 0 Å². The fourth-order valence-electron chi connectivity index (χ4n) is 0.917. The second-order valence-corrected chi connectivity index (χ2v) is 4.43. The van der Waals surface area contributed by atoms with Gasteiger partial charge in [-0.15, -0.1) is 0 Å². The van der Waals surface area contributed by atoms with Gasteiger partial charge >= 0.3 is 0 Å². The van der Waals surface area contributed by atoms with Gasteiger partial charge in [0.2, 0.25) is 5.95 Å². The van der Waals surface area contributed by atoms with E-state index in [1.165, 1.54) is 11.8 Å². The molecule has 3 N–H and O–H groups in total. The van der Waals surface area contributed by atoms with Crippen molar-refractivity contribution in [3.05, 3.63) is 29.1 Å². The van der Waals surface area contributed by atoms with Gasteiger partial charge in [0.15, 0.2) is 5.16 Å². The maximum absolute atomic E-state index is 5.23. The molecule has 0 saturated heterocycles. The molecule has 2 heterocycles. The topological polar surface area (TPSA) is 89.6 Å². The average Bonchev–Trinajstić information content (AvgIpc) is 2.33. The van der Waals surface area contributed by atoms with E-state index in [-0.39, 0.29) is 0 Å². The molecule has 0 aliphatic heterocycles. The molecule has 16 heavy (non-hydrogen) atoms. The van der Waals surface area contributed by atoms with E-state index in [0.717, 1.165) is 4.47 Å². The molecular formula is C8H7BrN6S. The Balaban J connectivity index is 2.27. The Morgan fingerprint density at radius 3 is 2.69 bits per heavy atom. The van der Waals surface area contributed by atoms with E-state index in [9.17, 15) is 0 Å². The largest absolute Gasteiger partial charge is 0.292 e. The molecule has 0 aliphatic rings. The molecule has 82 valence electrons. The fraction of sp³-hybridized carbons (Fsp3) is 0. The average molecular weight is 299 g/mol. The molecule has 0 amide bonds. The molecule has 0 saturated carbocycles. The lowest BCUT2D eigenvalue weighted by Crippen LogP contribution is -2.10. The number of nitrogen functional groups attached to an aromatic ring is 1. The van der Waals surface area contributed by atoms with E-state index >= 15 is 0 Å². The summed E-state index contributed by atoms with van der Waals surface area (Å²) < 4.78 is 0.768. The first-order chi connectivity index (χ1) is 7.79. The van der Waals surface area contributed by atoms with E-state index in [4.69, 9.17) is 5.84 Å². The van der Waals surface area contributed by atoms with Crippen molar-refractivity contribution >= 4 is 33.6 Å². The zero-order chi connectivity index (χ0) is 11.4. The molecule has 0 bridgehead atoms. The van der Waals surface area contributed by atoms with Crippen LogP contribution in [0.2, 0.25) is 0 Å². The first-order valence-electron chi connectivity index (χ1n) is 4.23. The van der Waals surface area contributed by atoms with Crippen molar-refractivity contribution in [1.82, 2.24) is 19.9 Å². The molecule has 0 aliphatic carbocycles. The van der Waals surface area contributed by atoms with Gasteiger partial charge in [-0.25, -0.2) is 25.8 Å². The van der Waals surface area contributed by atoms with Crippen LogP contribution in [0, 0.1) is 0 Å². The van der Waals surface area contributed by atoms with Crippen molar-refractivity contribution in [2.24, 2.45) is 5.84 Å². The van der Waals surface area contributed by atoms with Crippen molar-refractivity contribution < 1.29 is 0 Å². The molecule has 2 rings (SSSR count). The lowest BCUT2D eigenvalue weighted by Gasteiger charge is -2.03. The second-order valence-electron chi connectivity index (χ2n) is 2.62. The number of aromatic nitrogens is 4. The summed E-state index contributed by atoms with van der Waals surface area (Å²) in [7, 11) is 0. The summed E-state index contributed by atoms with van der Waals surface area (Å²) in [6.07, 6.45) is 4.96. The van der Waals surface area contributed by atoms with Crippen LogP contribution >= 0.6 is 27.7 Å². The minimum absolute atomic E-state index is 0.349. The van der Waals surface area contributed by atoms with Crippen LogP contribution in [-0.2, 0) is 0 Å². The normalized spacial score (nSPS) is 10.1. The van der Waals surface area contributed by atoms with Gasteiger partial charge in [0.05, 0.1) is 4.47 Å². The highest BCUT2D eigenvalue weighted by atomic mass is 79.9. The third-order valence-electron chi connectivity index (χ3n) is 1.57. The fourth-order valence-corrected chi connectivity index (χ4v) is 2.03. The van der Waals surface area contributed by atoms with Crippen LogP contribution in [-0.4, -0.2) is 19.9 Å². The molecule has 0 fully saturated rings. The first kappa shape index (κ1) is 11.2. The van der Waals surface area contributed by atoms with E-state index in [1.807, 2.05) is 0 Å². The SMILES string of the molecule is NNc1ncc(Br)c(Sc2ncccn2)n1. The number of nitrogens with zero attached hydrogens (tertiary/aromatic N) is 4. The van der Waals surface area contributed by atoms with E-state index in [0.29, 0.717) is 16.1 Å². The van der Waals surface area contributed by atoms with Gasteiger partial charge in [-0.1, -0.05) is 0 Å². The third-order valence-corrected chi connectivity index (χ3v) is 3.31. The lowest BCUT2D eigenvalue weighted by molar-refractivity contribution is 0.950. The summed E-state index contributed by atoms with van der Waals surface area (Å²) in [5.41, 5.74) is 2.38. The van der Waals surface area contributed by atoms with Crippen LogP contribution in [0.3, 0.4) is 0 Å². The molecule has 8 heteroatoms. The minimum atomic E-state index is 0.349. The smallest absolute Gasteiger partial charge is 0.238 e. The summed E-state index contributed by atoms with van der Waals surface area (Å²) in [6, 6.07) is 1.76. The maximum atomic E-state index is 5.23.